The Hall–Kier alpha value is -3.11. The minimum absolute atomic E-state index is 0.0208. The fourth-order valence-electron chi connectivity index (χ4n) is 3.03. The second-order valence-electron chi connectivity index (χ2n) is 6.22. The van der Waals surface area contributed by atoms with Crippen LogP contribution in [0.5, 0.6) is 5.75 Å². The number of hydrogen-bond acceptors (Lipinski definition) is 3. The lowest BCUT2D eigenvalue weighted by molar-refractivity contribution is -0.123. The van der Waals surface area contributed by atoms with E-state index in [-0.39, 0.29) is 18.6 Å². The van der Waals surface area contributed by atoms with E-state index in [1.165, 1.54) is 0 Å². The number of carbonyl (C=O) groups is 1. The molecule has 0 spiro atoms. The maximum Gasteiger partial charge on any atom is 0.258 e. The molecular formula is C23H19NO2S. The van der Waals surface area contributed by atoms with Crippen molar-refractivity contribution in [2.75, 3.05) is 6.61 Å². The third-order valence-electron chi connectivity index (χ3n) is 4.36. The molecule has 4 rings (SSSR count). The Kier molecular flexibility index (Phi) is 5.17. The standard InChI is InChI=1S/C23H19NO2S/c25-22(16-26-20-13-12-17-7-4-5-10-19(17)15-20)24-23(21-11-6-14-27-21)18-8-2-1-3-9-18/h1-15,23H,16H2,(H,24,25). The van der Waals surface area contributed by atoms with Crippen LogP contribution in [0, 0.1) is 0 Å². The minimum atomic E-state index is -0.168. The topological polar surface area (TPSA) is 38.3 Å². The van der Waals surface area contributed by atoms with Gasteiger partial charge in [-0.25, -0.2) is 0 Å². The summed E-state index contributed by atoms with van der Waals surface area (Å²) in [5.74, 6) is 0.543. The highest BCUT2D eigenvalue weighted by molar-refractivity contribution is 7.10. The van der Waals surface area contributed by atoms with Crippen LogP contribution in [0.4, 0.5) is 0 Å². The van der Waals surface area contributed by atoms with Crippen molar-refractivity contribution in [2.45, 2.75) is 6.04 Å². The van der Waals surface area contributed by atoms with Crippen molar-refractivity contribution in [3.8, 4) is 5.75 Å². The normalized spacial score (nSPS) is 11.9. The molecule has 0 aliphatic rings. The monoisotopic (exact) mass is 373 g/mol. The summed E-state index contributed by atoms with van der Waals surface area (Å²) in [6.07, 6.45) is 0. The van der Waals surface area contributed by atoms with Gasteiger partial charge in [0.25, 0.3) is 5.91 Å². The average Bonchev–Trinajstić information content (AvgIpc) is 3.25. The molecule has 4 heteroatoms. The van der Waals surface area contributed by atoms with Crippen LogP contribution in [0.3, 0.4) is 0 Å². The summed E-state index contributed by atoms with van der Waals surface area (Å²) in [6, 6.07) is 27.8. The molecule has 0 aliphatic carbocycles. The Balaban J connectivity index is 1.45. The smallest absolute Gasteiger partial charge is 0.258 e. The van der Waals surface area contributed by atoms with E-state index in [1.54, 1.807) is 11.3 Å². The van der Waals surface area contributed by atoms with Gasteiger partial charge in [-0.1, -0.05) is 66.7 Å². The number of thiophene rings is 1. The van der Waals surface area contributed by atoms with Gasteiger partial charge in [0.05, 0.1) is 6.04 Å². The molecule has 1 heterocycles. The van der Waals surface area contributed by atoms with Crippen LogP contribution in [0.25, 0.3) is 10.8 Å². The summed E-state index contributed by atoms with van der Waals surface area (Å²) in [5, 5.41) is 7.35. The van der Waals surface area contributed by atoms with Crippen molar-refractivity contribution in [1.29, 1.82) is 0 Å². The predicted octanol–water partition coefficient (Wildman–Crippen LogP) is 5.19. The highest BCUT2D eigenvalue weighted by Gasteiger charge is 2.18. The molecule has 0 radical (unpaired) electrons. The second kappa shape index (κ2) is 8.06. The molecule has 3 nitrogen and oxygen atoms in total. The van der Waals surface area contributed by atoms with E-state index < -0.39 is 0 Å². The Morgan fingerprint density at radius 3 is 2.44 bits per heavy atom. The highest BCUT2D eigenvalue weighted by Crippen LogP contribution is 2.26. The maximum absolute atomic E-state index is 12.5. The van der Waals surface area contributed by atoms with Gasteiger partial charge in [0.1, 0.15) is 5.75 Å². The van der Waals surface area contributed by atoms with E-state index in [0.29, 0.717) is 5.75 Å². The summed E-state index contributed by atoms with van der Waals surface area (Å²) in [6.45, 7) is -0.0208. The molecule has 134 valence electrons. The molecule has 1 N–H and O–H groups in total. The first-order chi connectivity index (χ1) is 13.3. The Morgan fingerprint density at radius 2 is 1.67 bits per heavy atom. The van der Waals surface area contributed by atoms with E-state index >= 15 is 0 Å². The number of carbonyl (C=O) groups excluding carboxylic acids is 1. The van der Waals surface area contributed by atoms with Crippen LogP contribution < -0.4 is 10.1 Å². The Labute approximate surface area is 162 Å². The van der Waals surface area contributed by atoms with Crippen molar-refractivity contribution < 1.29 is 9.53 Å². The number of benzene rings is 3. The molecule has 0 saturated carbocycles. The van der Waals surface area contributed by atoms with Crippen molar-refractivity contribution in [1.82, 2.24) is 5.32 Å². The van der Waals surface area contributed by atoms with Gasteiger partial charge in [-0.15, -0.1) is 11.3 Å². The Morgan fingerprint density at radius 1 is 0.889 bits per heavy atom. The molecule has 4 aromatic rings. The van der Waals surface area contributed by atoms with E-state index in [2.05, 4.69) is 11.4 Å². The van der Waals surface area contributed by atoms with E-state index in [9.17, 15) is 4.79 Å². The van der Waals surface area contributed by atoms with Crippen LogP contribution in [-0.4, -0.2) is 12.5 Å². The van der Waals surface area contributed by atoms with Crippen molar-refractivity contribution >= 4 is 28.0 Å². The van der Waals surface area contributed by atoms with Crippen molar-refractivity contribution in [2.24, 2.45) is 0 Å². The molecule has 1 aromatic heterocycles. The lowest BCUT2D eigenvalue weighted by Crippen LogP contribution is -2.32. The van der Waals surface area contributed by atoms with Gasteiger partial charge in [-0.05, 0) is 39.9 Å². The van der Waals surface area contributed by atoms with Gasteiger partial charge in [-0.3, -0.25) is 4.79 Å². The first-order valence-corrected chi connectivity index (χ1v) is 9.67. The number of fused-ring (bicyclic) bond motifs is 1. The van der Waals surface area contributed by atoms with Gasteiger partial charge in [0, 0.05) is 4.88 Å². The minimum Gasteiger partial charge on any atom is -0.484 e. The maximum atomic E-state index is 12.5. The number of rotatable bonds is 6. The number of ether oxygens (including phenoxy) is 1. The molecule has 1 atom stereocenters. The van der Waals surface area contributed by atoms with E-state index in [1.807, 2.05) is 84.2 Å². The summed E-state index contributed by atoms with van der Waals surface area (Å²) in [5.41, 5.74) is 1.05. The van der Waals surface area contributed by atoms with E-state index in [4.69, 9.17) is 4.74 Å². The molecule has 3 aromatic carbocycles. The number of amides is 1. The summed E-state index contributed by atoms with van der Waals surface area (Å²) >= 11 is 1.63. The first-order valence-electron chi connectivity index (χ1n) is 8.79. The van der Waals surface area contributed by atoms with Crippen LogP contribution in [0.2, 0.25) is 0 Å². The molecule has 1 unspecified atom stereocenters. The molecule has 0 fully saturated rings. The average molecular weight is 373 g/mol. The zero-order valence-corrected chi connectivity index (χ0v) is 15.5. The predicted molar refractivity (Wildman–Crippen MR) is 110 cm³/mol. The zero-order chi connectivity index (χ0) is 18.5. The summed E-state index contributed by atoms with van der Waals surface area (Å²) < 4.78 is 5.72. The molecule has 0 saturated heterocycles. The van der Waals surface area contributed by atoms with Gasteiger partial charge < -0.3 is 10.1 Å². The molecule has 1 amide bonds. The zero-order valence-electron chi connectivity index (χ0n) is 14.7. The molecule has 0 bridgehead atoms. The lowest BCUT2D eigenvalue weighted by Gasteiger charge is -2.18. The van der Waals surface area contributed by atoms with Crippen LogP contribution in [0.1, 0.15) is 16.5 Å². The van der Waals surface area contributed by atoms with Crippen LogP contribution >= 0.6 is 11.3 Å². The third-order valence-corrected chi connectivity index (χ3v) is 5.29. The quantitative estimate of drug-likeness (QED) is 0.505. The fraction of sp³-hybridized carbons (Fsp3) is 0.0870. The van der Waals surface area contributed by atoms with Gasteiger partial charge in [0.2, 0.25) is 0 Å². The van der Waals surface area contributed by atoms with Gasteiger partial charge in [-0.2, -0.15) is 0 Å². The van der Waals surface area contributed by atoms with E-state index in [0.717, 1.165) is 21.2 Å². The molecular weight excluding hydrogens is 354 g/mol. The fourth-order valence-corrected chi connectivity index (χ4v) is 3.83. The number of hydrogen-bond donors (Lipinski definition) is 1. The Bertz CT molecular complexity index is 1030. The summed E-state index contributed by atoms with van der Waals surface area (Å²) in [4.78, 5) is 13.6. The van der Waals surface area contributed by atoms with Gasteiger partial charge >= 0.3 is 0 Å². The molecule has 27 heavy (non-hydrogen) atoms. The molecule has 0 aliphatic heterocycles. The number of nitrogens with one attached hydrogen (secondary N) is 1. The second-order valence-corrected chi connectivity index (χ2v) is 7.20. The lowest BCUT2D eigenvalue weighted by atomic mass is 10.1. The largest absolute Gasteiger partial charge is 0.484 e. The highest BCUT2D eigenvalue weighted by atomic mass is 32.1. The van der Waals surface area contributed by atoms with Crippen LogP contribution in [0.15, 0.2) is 90.3 Å². The SMILES string of the molecule is O=C(COc1ccc2ccccc2c1)NC(c1ccccc1)c1cccs1. The first kappa shape index (κ1) is 17.3. The van der Waals surface area contributed by atoms with Crippen LogP contribution in [-0.2, 0) is 4.79 Å². The van der Waals surface area contributed by atoms with Gasteiger partial charge in [0.15, 0.2) is 6.61 Å². The van der Waals surface area contributed by atoms with Crippen molar-refractivity contribution in [3.05, 3.63) is 101 Å². The third kappa shape index (κ3) is 4.18. The van der Waals surface area contributed by atoms with Crippen molar-refractivity contribution in [3.63, 3.8) is 0 Å². The summed E-state index contributed by atoms with van der Waals surface area (Å²) in [7, 11) is 0.